The van der Waals surface area contributed by atoms with Crippen LogP contribution in [0, 0.1) is 5.92 Å². The maximum atomic E-state index is 12.0. The molecule has 0 bridgehead atoms. The van der Waals surface area contributed by atoms with Crippen molar-refractivity contribution in [2.24, 2.45) is 5.92 Å². The van der Waals surface area contributed by atoms with Crippen molar-refractivity contribution in [3.63, 3.8) is 0 Å². The first kappa shape index (κ1) is 12.2. The van der Waals surface area contributed by atoms with E-state index in [1.807, 2.05) is 0 Å². The first-order valence-corrected chi connectivity index (χ1v) is 5.27. The van der Waals surface area contributed by atoms with Gasteiger partial charge in [0.05, 0.1) is 5.92 Å². The zero-order chi connectivity index (χ0) is 13.3. The van der Waals surface area contributed by atoms with Crippen LogP contribution in [-0.4, -0.2) is 22.6 Å². The van der Waals surface area contributed by atoms with Gasteiger partial charge in [-0.15, -0.1) is 0 Å². The maximum Gasteiger partial charge on any atom is 0.415 e. The predicted octanol–water partition coefficient (Wildman–Crippen LogP) is 1.13. The lowest BCUT2D eigenvalue weighted by molar-refractivity contribution is -0.186. The van der Waals surface area contributed by atoms with E-state index >= 15 is 0 Å². The van der Waals surface area contributed by atoms with Gasteiger partial charge >= 0.3 is 5.97 Å². The molecular weight excluding hydrogens is 243 g/mol. The van der Waals surface area contributed by atoms with E-state index in [0.717, 1.165) is 0 Å². The first-order chi connectivity index (χ1) is 8.54. The van der Waals surface area contributed by atoms with Crippen molar-refractivity contribution in [2.75, 3.05) is 0 Å². The van der Waals surface area contributed by atoms with E-state index in [1.165, 1.54) is 18.2 Å². The van der Waals surface area contributed by atoms with Gasteiger partial charge in [-0.2, -0.15) is 0 Å². The summed E-state index contributed by atoms with van der Waals surface area (Å²) in [5.74, 6) is -4.57. The molecule has 0 aliphatic heterocycles. The molecule has 1 N–H and O–H groups in total. The van der Waals surface area contributed by atoms with Gasteiger partial charge in [-0.1, -0.05) is 0 Å². The fourth-order valence-electron chi connectivity index (χ4n) is 2.08. The number of phenolic OH excluding ortho intramolecular Hbond substituents is 1. The molecule has 0 saturated heterocycles. The Hall–Kier alpha value is -2.24. The number of ketones is 2. The van der Waals surface area contributed by atoms with E-state index in [2.05, 4.69) is 4.94 Å². The third-order valence-corrected chi connectivity index (χ3v) is 2.96. The molecule has 0 amide bonds. The highest BCUT2D eigenvalue weighted by Gasteiger charge is 2.37. The van der Waals surface area contributed by atoms with E-state index < -0.39 is 23.5 Å². The average molecular weight is 252 g/mol. The van der Waals surface area contributed by atoms with E-state index in [-0.39, 0.29) is 17.7 Å². The molecule has 0 saturated carbocycles. The molecule has 0 radical (unpaired) electrons. The molecule has 0 spiro atoms. The molecule has 1 atom stereocenters. The number of carbonyl (C=O) groups is 3. The largest absolute Gasteiger partial charge is 0.508 e. The number of rotatable bonds is 2. The van der Waals surface area contributed by atoms with E-state index in [0.29, 0.717) is 12.0 Å². The Bertz CT molecular complexity index is 537. The van der Waals surface area contributed by atoms with Crippen LogP contribution in [-0.2, 0) is 21.0 Å². The van der Waals surface area contributed by atoms with Crippen LogP contribution in [0.15, 0.2) is 18.2 Å². The number of phenols is 1. The summed E-state index contributed by atoms with van der Waals surface area (Å²) in [7, 11) is 0. The predicted molar refractivity (Wildman–Crippen MR) is 56.5 cm³/mol. The van der Waals surface area contributed by atoms with Crippen molar-refractivity contribution in [1.82, 2.24) is 0 Å². The summed E-state index contributed by atoms with van der Waals surface area (Å²) >= 11 is 0. The number of halogens is 1. The molecule has 2 rings (SSSR count). The summed E-state index contributed by atoms with van der Waals surface area (Å²) in [6.45, 7) is 0. The van der Waals surface area contributed by atoms with Gasteiger partial charge < -0.3 is 5.11 Å². The highest BCUT2D eigenvalue weighted by molar-refractivity contribution is 6.39. The van der Waals surface area contributed by atoms with E-state index in [9.17, 15) is 24.0 Å². The molecule has 18 heavy (non-hydrogen) atoms. The number of carbonyl (C=O) groups excluding carboxylic acids is 3. The van der Waals surface area contributed by atoms with Crippen LogP contribution in [0.2, 0.25) is 0 Å². The minimum Gasteiger partial charge on any atom is -0.508 e. The van der Waals surface area contributed by atoms with Gasteiger partial charge in [0, 0.05) is 10.1 Å². The van der Waals surface area contributed by atoms with Crippen molar-refractivity contribution in [3.8, 4) is 5.75 Å². The molecule has 0 aromatic heterocycles. The Kier molecular flexibility index (Phi) is 3.10. The zero-order valence-corrected chi connectivity index (χ0v) is 9.18. The molecule has 0 fully saturated rings. The molecule has 0 heterocycles. The van der Waals surface area contributed by atoms with Gasteiger partial charge in [-0.25, -0.2) is 9.74 Å². The summed E-state index contributed by atoms with van der Waals surface area (Å²) in [6.07, 6.45) is 0.453. The number of fused-ring (bicyclic) bond motifs is 1. The number of aryl methyl sites for hydroxylation is 1. The lowest BCUT2D eigenvalue weighted by atomic mass is 9.80. The van der Waals surface area contributed by atoms with Gasteiger partial charge in [0.2, 0.25) is 0 Å². The summed E-state index contributed by atoms with van der Waals surface area (Å²) in [6, 6.07) is 4.13. The van der Waals surface area contributed by atoms with Gasteiger partial charge in [-0.3, -0.25) is 9.59 Å². The Morgan fingerprint density at radius 1 is 1.39 bits per heavy atom. The molecule has 5 nitrogen and oxygen atoms in total. The molecule has 94 valence electrons. The van der Waals surface area contributed by atoms with Crippen molar-refractivity contribution >= 4 is 17.5 Å². The summed E-state index contributed by atoms with van der Waals surface area (Å²) < 4.78 is 11.7. The molecular formula is C12H9FO5. The van der Waals surface area contributed by atoms with Crippen LogP contribution in [0.5, 0.6) is 5.75 Å². The van der Waals surface area contributed by atoms with Crippen molar-refractivity contribution in [2.45, 2.75) is 12.8 Å². The smallest absolute Gasteiger partial charge is 0.415 e. The molecule has 6 heteroatoms. The normalized spacial score (nSPS) is 18.1. The van der Waals surface area contributed by atoms with Gasteiger partial charge in [0.25, 0.3) is 5.78 Å². The topological polar surface area (TPSA) is 80.7 Å². The van der Waals surface area contributed by atoms with Crippen molar-refractivity contribution in [1.29, 1.82) is 0 Å². The summed E-state index contributed by atoms with van der Waals surface area (Å²) in [5, 5.41) is 9.27. The lowest BCUT2D eigenvalue weighted by Gasteiger charge is -2.21. The van der Waals surface area contributed by atoms with Gasteiger partial charge in [0.15, 0.2) is 5.78 Å². The zero-order valence-electron chi connectivity index (χ0n) is 9.18. The molecule has 1 aromatic carbocycles. The second-order valence-electron chi connectivity index (χ2n) is 4.03. The SMILES string of the molecule is O=C(OF)C(=O)C1CCc2cc(O)ccc2C1=O. The standard InChI is InChI=1S/C12H9FO5/c13-18-12(17)11(16)9-3-1-6-5-7(14)2-4-8(6)10(9)15/h2,4-5,9,14H,1,3H2. The molecule has 1 aliphatic rings. The average Bonchev–Trinajstić information content (AvgIpc) is 2.37. The van der Waals surface area contributed by atoms with Crippen LogP contribution in [0.3, 0.4) is 0 Å². The fourth-order valence-corrected chi connectivity index (χ4v) is 2.08. The third-order valence-electron chi connectivity index (χ3n) is 2.96. The second-order valence-corrected chi connectivity index (χ2v) is 4.03. The molecule has 1 aromatic rings. The van der Waals surface area contributed by atoms with Gasteiger partial charge in [0.1, 0.15) is 5.75 Å². The number of hydrogen-bond acceptors (Lipinski definition) is 5. The van der Waals surface area contributed by atoms with Gasteiger partial charge in [-0.05, 0) is 36.6 Å². The maximum absolute atomic E-state index is 12.0. The minimum absolute atomic E-state index is 0.0227. The summed E-state index contributed by atoms with van der Waals surface area (Å²) in [4.78, 5) is 37.0. The van der Waals surface area contributed by atoms with Crippen LogP contribution >= 0.6 is 0 Å². The van der Waals surface area contributed by atoms with Crippen LogP contribution in [0.25, 0.3) is 0 Å². The number of hydrogen-bond donors (Lipinski definition) is 1. The number of benzene rings is 1. The van der Waals surface area contributed by atoms with Crippen molar-refractivity contribution in [3.05, 3.63) is 29.3 Å². The Balaban J connectivity index is 2.31. The quantitative estimate of drug-likeness (QED) is 0.630. The van der Waals surface area contributed by atoms with E-state index in [1.54, 1.807) is 0 Å². The van der Waals surface area contributed by atoms with Crippen LogP contribution in [0.1, 0.15) is 22.3 Å². The monoisotopic (exact) mass is 252 g/mol. The highest BCUT2D eigenvalue weighted by atomic mass is 19.3. The first-order valence-electron chi connectivity index (χ1n) is 5.27. The Morgan fingerprint density at radius 3 is 2.78 bits per heavy atom. The third kappa shape index (κ3) is 1.97. The van der Waals surface area contributed by atoms with Crippen LogP contribution < -0.4 is 0 Å². The minimum atomic E-state index is -1.66. The highest BCUT2D eigenvalue weighted by Crippen LogP contribution is 2.28. The Labute approximate surface area is 101 Å². The van der Waals surface area contributed by atoms with Crippen LogP contribution in [0.4, 0.5) is 4.53 Å². The number of aromatic hydroxyl groups is 1. The van der Waals surface area contributed by atoms with E-state index in [4.69, 9.17) is 0 Å². The lowest BCUT2D eigenvalue weighted by Crippen LogP contribution is -2.34. The Morgan fingerprint density at radius 2 is 2.11 bits per heavy atom. The molecule has 1 aliphatic carbocycles. The second kappa shape index (κ2) is 4.56. The molecule has 1 unspecified atom stereocenters. The van der Waals surface area contributed by atoms with Crippen molar-refractivity contribution < 1.29 is 29.0 Å². The fraction of sp³-hybridized carbons (Fsp3) is 0.250. The number of Topliss-reactive ketones (excluding diaryl/α,β-unsaturated/α-hetero) is 2. The summed E-state index contributed by atoms with van der Waals surface area (Å²) in [5.41, 5.74) is 0.877.